The fraction of sp³-hybridized carbons (Fsp3) is 0.500. The van der Waals surface area contributed by atoms with E-state index in [1.54, 1.807) is 11.3 Å². The molecule has 0 aromatic carbocycles. The Labute approximate surface area is 106 Å². The Hall–Kier alpha value is -1.20. The quantitative estimate of drug-likeness (QED) is 0.886. The molecule has 4 nitrogen and oxygen atoms in total. The van der Waals surface area contributed by atoms with Crippen molar-refractivity contribution in [2.75, 3.05) is 0 Å². The van der Waals surface area contributed by atoms with Crippen LogP contribution in [-0.4, -0.2) is 14.8 Å². The van der Waals surface area contributed by atoms with Gasteiger partial charge in [0.05, 0.1) is 11.2 Å². The summed E-state index contributed by atoms with van der Waals surface area (Å²) in [4.78, 5) is 5.52. The van der Waals surface area contributed by atoms with E-state index in [0.29, 0.717) is 6.04 Å². The summed E-state index contributed by atoms with van der Waals surface area (Å²) in [6, 6.07) is 0.317. The van der Waals surface area contributed by atoms with E-state index in [1.807, 2.05) is 24.0 Å². The maximum atomic E-state index is 4.28. The van der Waals surface area contributed by atoms with E-state index in [4.69, 9.17) is 0 Å². The van der Waals surface area contributed by atoms with Crippen molar-refractivity contribution in [3.05, 3.63) is 34.0 Å². The van der Waals surface area contributed by atoms with Crippen LogP contribution in [0.25, 0.3) is 0 Å². The molecule has 1 atom stereocenters. The largest absolute Gasteiger partial charge is 0.305 e. The highest BCUT2D eigenvalue weighted by Gasteiger charge is 2.08. The summed E-state index contributed by atoms with van der Waals surface area (Å²) in [5.74, 6) is 0. The van der Waals surface area contributed by atoms with Crippen molar-refractivity contribution < 1.29 is 0 Å². The monoisotopic (exact) mass is 250 g/mol. The molecule has 5 heteroatoms. The van der Waals surface area contributed by atoms with Crippen molar-refractivity contribution in [3.63, 3.8) is 0 Å². The SMILES string of the molecule is CCn1cc(C(C)NCc2cnc(C)s2)cn1. The van der Waals surface area contributed by atoms with Gasteiger partial charge in [0.1, 0.15) is 0 Å². The maximum absolute atomic E-state index is 4.28. The Bertz CT molecular complexity index is 474. The molecule has 92 valence electrons. The molecule has 0 amide bonds. The lowest BCUT2D eigenvalue weighted by Crippen LogP contribution is -2.17. The summed E-state index contributed by atoms with van der Waals surface area (Å²) >= 11 is 1.74. The number of hydrogen-bond acceptors (Lipinski definition) is 4. The first-order valence-electron chi connectivity index (χ1n) is 5.86. The van der Waals surface area contributed by atoms with E-state index >= 15 is 0 Å². The van der Waals surface area contributed by atoms with Crippen LogP contribution >= 0.6 is 11.3 Å². The highest BCUT2D eigenvalue weighted by molar-refractivity contribution is 7.11. The minimum Gasteiger partial charge on any atom is -0.305 e. The molecule has 0 aliphatic carbocycles. The number of nitrogens with one attached hydrogen (secondary N) is 1. The molecule has 0 bridgehead atoms. The summed E-state index contributed by atoms with van der Waals surface area (Å²) in [6.45, 7) is 8.06. The van der Waals surface area contributed by atoms with Gasteiger partial charge in [0, 0.05) is 42.0 Å². The van der Waals surface area contributed by atoms with Crippen LogP contribution in [0.1, 0.15) is 35.3 Å². The van der Waals surface area contributed by atoms with Crippen LogP contribution in [-0.2, 0) is 13.1 Å². The summed E-state index contributed by atoms with van der Waals surface area (Å²) < 4.78 is 1.95. The van der Waals surface area contributed by atoms with Crippen LogP contribution in [0, 0.1) is 6.92 Å². The number of aryl methyl sites for hydroxylation is 2. The topological polar surface area (TPSA) is 42.7 Å². The predicted molar refractivity (Wildman–Crippen MR) is 70.0 cm³/mol. The average molecular weight is 250 g/mol. The first-order chi connectivity index (χ1) is 8.19. The number of thiazole rings is 1. The van der Waals surface area contributed by atoms with Crippen LogP contribution in [0.3, 0.4) is 0 Å². The van der Waals surface area contributed by atoms with Crippen molar-refractivity contribution in [1.29, 1.82) is 0 Å². The lowest BCUT2D eigenvalue weighted by atomic mass is 10.2. The predicted octanol–water partition coefficient (Wildman–Crippen LogP) is 2.52. The first kappa shape index (κ1) is 12.3. The fourth-order valence-electron chi connectivity index (χ4n) is 1.63. The van der Waals surface area contributed by atoms with E-state index < -0.39 is 0 Å². The molecule has 0 aliphatic rings. The first-order valence-corrected chi connectivity index (χ1v) is 6.67. The lowest BCUT2D eigenvalue weighted by molar-refractivity contribution is 0.576. The fourth-order valence-corrected chi connectivity index (χ4v) is 2.38. The normalized spacial score (nSPS) is 12.9. The molecule has 2 aromatic heterocycles. The Kier molecular flexibility index (Phi) is 3.91. The molecule has 2 rings (SSSR count). The highest BCUT2D eigenvalue weighted by atomic mass is 32.1. The summed E-state index contributed by atoms with van der Waals surface area (Å²) in [6.07, 6.45) is 5.96. The van der Waals surface area contributed by atoms with Crippen LogP contribution in [0.2, 0.25) is 0 Å². The number of aromatic nitrogens is 3. The van der Waals surface area contributed by atoms with Crippen LogP contribution in [0.15, 0.2) is 18.6 Å². The van der Waals surface area contributed by atoms with Crippen molar-refractivity contribution >= 4 is 11.3 Å². The molecule has 0 aliphatic heterocycles. The third-order valence-electron chi connectivity index (χ3n) is 2.73. The Morgan fingerprint density at radius 2 is 2.29 bits per heavy atom. The van der Waals surface area contributed by atoms with Gasteiger partial charge in [0.15, 0.2) is 0 Å². The Morgan fingerprint density at radius 1 is 1.47 bits per heavy atom. The van der Waals surface area contributed by atoms with E-state index in [2.05, 4.69) is 35.4 Å². The number of hydrogen-bond donors (Lipinski definition) is 1. The summed E-state index contributed by atoms with van der Waals surface area (Å²) in [7, 11) is 0. The zero-order chi connectivity index (χ0) is 12.3. The van der Waals surface area contributed by atoms with Gasteiger partial charge in [-0.3, -0.25) is 4.68 Å². The smallest absolute Gasteiger partial charge is 0.0897 e. The van der Waals surface area contributed by atoms with Gasteiger partial charge < -0.3 is 5.32 Å². The second-order valence-corrected chi connectivity index (χ2v) is 5.40. The van der Waals surface area contributed by atoms with Crippen molar-refractivity contribution in [3.8, 4) is 0 Å². The van der Waals surface area contributed by atoms with E-state index in [9.17, 15) is 0 Å². The molecule has 0 spiro atoms. The second-order valence-electron chi connectivity index (χ2n) is 4.08. The lowest BCUT2D eigenvalue weighted by Gasteiger charge is -2.10. The summed E-state index contributed by atoms with van der Waals surface area (Å²) in [5, 5.41) is 8.88. The number of nitrogens with zero attached hydrogens (tertiary/aromatic N) is 3. The van der Waals surface area contributed by atoms with E-state index in [-0.39, 0.29) is 0 Å². The average Bonchev–Trinajstić information content (AvgIpc) is 2.94. The zero-order valence-corrected chi connectivity index (χ0v) is 11.3. The van der Waals surface area contributed by atoms with Crippen molar-refractivity contribution in [2.45, 2.75) is 39.9 Å². The zero-order valence-electron chi connectivity index (χ0n) is 10.5. The van der Waals surface area contributed by atoms with Gasteiger partial charge in [-0.1, -0.05) is 0 Å². The molecule has 0 saturated carbocycles. The van der Waals surface area contributed by atoms with Gasteiger partial charge in [-0.2, -0.15) is 5.10 Å². The van der Waals surface area contributed by atoms with E-state index in [1.165, 1.54) is 10.4 Å². The van der Waals surface area contributed by atoms with Gasteiger partial charge in [-0.05, 0) is 20.8 Å². The molecular weight excluding hydrogens is 232 g/mol. The van der Waals surface area contributed by atoms with Gasteiger partial charge >= 0.3 is 0 Å². The summed E-state index contributed by atoms with van der Waals surface area (Å²) in [5.41, 5.74) is 1.23. The molecule has 0 radical (unpaired) electrons. The highest BCUT2D eigenvalue weighted by Crippen LogP contribution is 2.15. The molecule has 0 saturated heterocycles. The maximum Gasteiger partial charge on any atom is 0.0897 e. The van der Waals surface area contributed by atoms with Gasteiger partial charge in [0.25, 0.3) is 0 Å². The third kappa shape index (κ3) is 3.14. The molecule has 2 aromatic rings. The molecular formula is C12H18N4S. The van der Waals surface area contributed by atoms with Gasteiger partial charge in [-0.15, -0.1) is 11.3 Å². The molecule has 1 N–H and O–H groups in total. The van der Waals surface area contributed by atoms with Crippen LogP contribution < -0.4 is 5.32 Å². The molecule has 2 heterocycles. The van der Waals surface area contributed by atoms with Gasteiger partial charge in [0.2, 0.25) is 0 Å². The molecule has 0 fully saturated rings. The van der Waals surface area contributed by atoms with Gasteiger partial charge in [-0.25, -0.2) is 4.98 Å². The van der Waals surface area contributed by atoms with E-state index in [0.717, 1.165) is 18.1 Å². The Balaban J connectivity index is 1.90. The number of rotatable bonds is 5. The third-order valence-corrected chi connectivity index (χ3v) is 3.64. The van der Waals surface area contributed by atoms with Crippen LogP contribution in [0.4, 0.5) is 0 Å². The molecule has 1 unspecified atom stereocenters. The van der Waals surface area contributed by atoms with Crippen LogP contribution in [0.5, 0.6) is 0 Å². The molecule has 17 heavy (non-hydrogen) atoms. The van der Waals surface area contributed by atoms with Crippen molar-refractivity contribution in [1.82, 2.24) is 20.1 Å². The van der Waals surface area contributed by atoms with Crippen molar-refractivity contribution in [2.24, 2.45) is 0 Å². The minimum atomic E-state index is 0.317. The standard InChI is InChI=1S/C12H18N4S/c1-4-16-8-11(5-15-16)9(2)13-6-12-7-14-10(3)17-12/h5,7-9,13H,4,6H2,1-3H3. The second kappa shape index (κ2) is 5.42. The Morgan fingerprint density at radius 3 is 2.88 bits per heavy atom. The minimum absolute atomic E-state index is 0.317.